The van der Waals surface area contributed by atoms with E-state index in [1.807, 2.05) is 26.0 Å². The minimum absolute atomic E-state index is 0.113. The quantitative estimate of drug-likeness (QED) is 0.801. The zero-order chi connectivity index (χ0) is 15.2. The second-order valence-corrected chi connectivity index (χ2v) is 7.77. The minimum Gasteiger partial charge on any atom is -0.309 e. The van der Waals surface area contributed by atoms with Gasteiger partial charge in [0, 0.05) is 11.8 Å². The molecule has 3 nitrogen and oxygen atoms in total. The van der Waals surface area contributed by atoms with Crippen LogP contribution in [-0.2, 0) is 9.84 Å². The van der Waals surface area contributed by atoms with Crippen molar-refractivity contribution in [2.24, 2.45) is 0 Å². The van der Waals surface area contributed by atoms with Crippen LogP contribution in [0.15, 0.2) is 24.3 Å². The van der Waals surface area contributed by atoms with Crippen LogP contribution in [0.1, 0.15) is 57.2 Å². The van der Waals surface area contributed by atoms with Crippen molar-refractivity contribution in [2.45, 2.75) is 46.1 Å². The first kappa shape index (κ1) is 17.2. The summed E-state index contributed by atoms with van der Waals surface area (Å²) in [5.41, 5.74) is 2.33. The van der Waals surface area contributed by atoms with Gasteiger partial charge in [-0.3, -0.25) is 0 Å². The Morgan fingerprint density at radius 2 is 1.60 bits per heavy atom. The summed E-state index contributed by atoms with van der Waals surface area (Å²) in [7, 11) is -2.99. The molecular weight excluding hydrogens is 270 g/mol. The van der Waals surface area contributed by atoms with E-state index in [0.717, 1.165) is 12.1 Å². The van der Waals surface area contributed by atoms with Crippen LogP contribution < -0.4 is 5.32 Å². The molecule has 1 unspecified atom stereocenters. The van der Waals surface area contributed by atoms with Gasteiger partial charge in [0.25, 0.3) is 0 Å². The summed E-state index contributed by atoms with van der Waals surface area (Å²) in [6.07, 6.45) is 0.674. The molecule has 0 bridgehead atoms. The molecule has 0 radical (unpaired) electrons. The molecule has 0 saturated heterocycles. The van der Waals surface area contributed by atoms with Gasteiger partial charge in [0.1, 0.15) is 0 Å². The lowest BCUT2D eigenvalue weighted by Crippen LogP contribution is -2.29. The molecule has 0 aliphatic heterocycles. The fourth-order valence-corrected chi connectivity index (χ4v) is 3.89. The Bertz CT molecular complexity index is 492. The Morgan fingerprint density at radius 3 is 2.05 bits per heavy atom. The van der Waals surface area contributed by atoms with Crippen molar-refractivity contribution in [3.8, 4) is 0 Å². The zero-order valence-corrected chi connectivity index (χ0v) is 13.8. The van der Waals surface area contributed by atoms with Gasteiger partial charge in [-0.1, -0.05) is 52.0 Å². The molecule has 0 aliphatic carbocycles. The molecule has 0 aromatic heterocycles. The third-order valence-corrected chi connectivity index (χ3v) is 5.26. The van der Waals surface area contributed by atoms with Crippen molar-refractivity contribution < 1.29 is 8.42 Å². The van der Waals surface area contributed by atoms with Gasteiger partial charge in [-0.25, -0.2) is 8.42 Å². The lowest BCUT2D eigenvalue weighted by Gasteiger charge is -2.19. The molecule has 0 fully saturated rings. The second kappa shape index (κ2) is 7.79. The molecule has 1 atom stereocenters. The predicted molar refractivity (Wildman–Crippen MR) is 85.9 cm³/mol. The van der Waals surface area contributed by atoms with Gasteiger partial charge in [-0.2, -0.15) is 0 Å². The highest BCUT2D eigenvalue weighted by Gasteiger charge is 2.19. The van der Waals surface area contributed by atoms with Crippen LogP contribution in [0.5, 0.6) is 0 Å². The predicted octanol–water partition coefficient (Wildman–Crippen LogP) is 3.29. The third-order valence-electron chi connectivity index (χ3n) is 3.39. The third kappa shape index (κ3) is 5.25. The van der Waals surface area contributed by atoms with Crippen molar-refractivity contribution in [1.29, 1.82) is 0 Å². The largest absolute Gasteiger partial charge is 0.309 e. The first-order valence-corrected chi connectivity index (χ1v) is 9.25. The summed E-state index contributed by atoms with van der Waals surface area (Å²) >= 11 is 0. The monoisotopic (exact) mass is 297 g/mol. The highest BCUT2D eigenvalue weighted by atomic mass is 32.2. The topological polar surface area (TPSA) is 46.2 Å². The Kier molecular flexibility index (Phi) is 6.69. The number of hydrogen-bond acceptors (Lipinski definition) is 3. The van der Waals surface area contributed by atoms with Gasteiger partial charge in [0.15, 0.2) is 9.84 Å². The Balaban J connectivity index is 2.90. The van der Waals surface area contributed by atoms with Crippen LogP contribution in [0.4, 0.5) is 0 Å². The van der Waals surface area contributed by atoms with E-state index in [9.17, 15) is 8.42 Å². The fraction of sp³-hybridized carbons (Fsp3) is 0.625. The molecule has 114 valence electrons. The van der Waals surface area contributed by atoms with E-state index < -0.39 is 9.84 Å². The molecule has 1 N–H and O–H groups in total. The molecule has 0 saturated carbocycles. The first-order chi connectivity index (χ1) is 9.39. The molecule has 1 aromatic carbocycles. The van der Waals surface area contributed by atoms with E-state index in [-0.39, 0.29) is 17.5 Å². The van der Waals surface area contributed by atoms with Crippen LogP contribution in [0.3, 0.4) is 0 Å². The Hall–Kier alpha value is -0.870. The van der Waals surface area contributed by atoms with Crippen LogP contribution in [-0.4, -0.2) is 26.5 Å². The van der Waals surface area contributed by atoms with E-state index in [1.165, 1.54) is 5.56 Å². The summed E-state index contributed by atoms with van der Waals surface area (Å²) in [5.74, 6) is 0.930. The molecule has 20 heavy (non-hydrogen) atoms. The van der Waals surface area contributed by atoms with Crippen LogP contribution >= 0.6 is 0 Å². The van der Waals surface area contributed by atoms with Gasteiger partial charge >= 0.3 is 0 Å². The van der Waals surface area contributed by atoms with Gasteiger partial charge < -0.3 is 5.32 Å². The highest BCUT2D eigenvalue weighted by molar-refractivity contribution is 7.91. The van der Waals surface area contributed by atoms with Crippen molar-refractivity contribution in [3.63, 3.8) is 0 Å². The Labute approximate surface area is 123 Å². The van der Waals surface area contributed by atoms with E-state index in [4.69, 9.17) is 0 Å². The summed E-state index contributed by atoms with van der Waals surface area (Å²) < 4.78 is 24.0. The SMILES string of the molecule is CCCS(=O)(=O)CC(NCC)c1ccc(C(C)C)cc1. The lowest BCUT2D eigenvalue weighted by molar-refractivity contribution is 0.558. The molecular formula is C16H27NO2S. The summed E-state index contributed by atoms with van der Waals surface area (Å²) in [5, 5.41) is 3.28. The number of benzene rings is 1. The fourth-order valence-electron chi connectivity index (χ4n) is 2.28. The van der Waals surface area contributed by atoms with Crippen LogP contribution in [0, 0.1) is 0 Å². The van der Waals surface area contributed by atoms with Gasteiger partial charge in [0.2, 0.25) is 0 Å². The maximum atomic E-state index is 12.0. The highest BCUT2D eigenvalue weighted by Crippen LogP contribution is 2.20. The Morgan fingerprint density at radius 1 is 1.05 bits per heavy atom. The molecule has 0 aliphatic rings. The first-order valence-electron chi connectivity index (χ1n) is 7.43. The van der Waals surface area contributed by atoms with Crippen molar-refractivity contribution in [2.75, 3.05) is 18.1 Å². The molecule has 0 heterocycles. The molecule has 1 rings (SSSR count). The number of rotatable bonds is 8. The second-order valence-electron chi connectivity index (χ2n) is 5.55. The minimum atomic E-state index is -2.99. The lowest BCUT2D eigenvalue weighted by atomic mass is 9.99. The maximum absolute atomic E-state index is 12.0. The van der Waals surface area contributed by atoms with Crippen LogP contribution in [0.2, 0.25) is 0 Å². The summed E-state index contributed by atoms with van der Waals surface area (Å²) in [6, 6.07) is 8.17. The van der Waals surface area contributed by atoms with Crippen molar-refractivity contribution in [1.82, 2.24) is 5.32 Å². The number of sulfone groups is 1. The standard InChI is InChI=1S/C16H27NO2S/c1-5-11-20(18,19)12-16(17-6-2)15-9-7-14(8-10-15)13(3)4/h7-10,13,16-17H,5-6,11-12H2,1-4H3. The van der Waals surface area contributed by atoms with E-state index in [1.54, 1.807) is 0 Å². The summed E-state index contributed by atoms with van der Waals surface area (Å²) in [6.45, 7) is 8.97. The van der Waals surface area contributed by atoms with E-state index in [0.29, 0.717) is 12.3 Å². The van der Waals surface area contributed by atoms with Crippen LogP contribution in [0.25, 0.3) is 0 Å². The number of nitrogens with one attached hydrogen (secondary N) is 1. The molecule has 0 amide bonds. The summed E-state index contributed by atoms with van der Waals surface area (Å²) in [4.78, 5) is 0. The van der Waals surface area contributed by atoms with Crippen molar-refractivity contribution in [3.05, 3.63) is 35.4 Å². The number of hydrogen-bond donors (Lipinski definition) is 1. The van der Waals surface area contributed by atoms with Gasteiger partial charge in [-0.05, 0) is 30.0 Å². The van der Waals surface area contributed by atoms with E-state index >= 15 is 0 Å². The molecule has 1 aromatic rings. The average molecular weight is 297 g/mol. The maximum Gasteiger partial charge on any atom is 0.152 e. The zero-order valence-electron chi connectivity index (χ0n) is 13.0. The van der Waals surface area contributed by atoms with Gasteiger partial charge in [0.05, 0.1) is 5.75 Å². The van der Waals surface area contributed by atoms with Crippen molar-refractivity contribution >= 4 is 9.84 Å². The smallest absolute Gasteiger partial charge is 0.152 e. The van der Waals surface area contributed by atoms with E-state index in [2.05, 4.69) is 31.3 Å². The molecule has 4 heteroatoms. The van der Waals surface area contributed by atoms with Gasteiger partial charge in [-0.15, -0.1) is 0 Å². The molecule has 0 spiro atoms. The average Bonchev–Trinajstić information content (AvgIpc) is 2.38. The normalized spacial score (nSPS) is 13.7.